The molecule has 26 heavy (non-hydrogen) atoms. The maximum absolute atomic E-state index is 12.3. The lowest BCUT2D eigenvalue weighted by atomic mass is 9.99. The minimum Gasteiger partial charge on any atom is -0.496 e. The summed E-state index contributed by atoms with van der Waals surface area (Å²) in [7, 11) is 2.86. The molecule has 1 aromatic rings. The largest absolute Gasteiger partial charge is 0.496 e. The number of carbonyl (C=O) groups is 2. The first kappa shape index (κ1) is 19.8. The van der Waals surface area contributed by atoms with E-state index in [1.54, 1.807) is 17.0 Å². The fourth-order valence-corrected chi connectivity index (χ4v) is 2.81. The first-order valence-corrected chi connectivity index (χ1v) is 8.69. The molecular weight excluding hydrogens is 334 g/mol. The van der Waals surface area contributed by atoms with Crippen molar-refractivity contribution in [3.8, 4) is 5.75 Å². The highest BCUT2D eigenvalue weighted by Gasteiger charge is 2.23. The molecule has 0 spiro atoms. The summed E-state index contributed by atoms with van der Waals surface area (Å²) in [6.07, 6.45) is 3.23. The molecule has 2 rings (SSSR count). The molecule has 0 fully saturated rings. The minimum absolute atomic E-state index is 0.294. The van der Waals surface area contributed by atoms with E-state index in [9.17, 15) is 9.59 Å². The molecule has 0 atom stereocenters. The molecule has 6 heteroatoms. The molecule has 0 unspecified atom stereocenters. The summed E-state index contributed by atoms with van der Waals surface area (Å²) < 4.78 is 15.5. The predicted octanol–water partition coefficient (Wildman–Crippen LogP) is 3.90. The molecule has 0 bridgehead atoms. The SMILES string of the molecule is COC(=O)c1cc(C2=CCCN(C(=O)OC(C)(C)C)CC2)ccc1OC. The summed E-state index contributed by atoms with van der Waals surface area (Å²) in [6.45, 7) is 6.76. The molecule has 1 amide bonds. The Hall–Kier alpha value is -2.50. The molecule has 1 aromatic carbocycles. The summed E-state index contributed by atoms with van der Waals surface area (Å²) in [5.41, 5.74) is 1.90. The van der Waals surface area contributed by atoms with Crippen LogP contribution in [0.4, 0.5) is 4.79 Å². The molecular formula is C20H27NO5. The molecule has 0 saturated carbocycles. The van der Waals surface area contributed by atoms with Gasteiger partial charge in [-0.25, -0.2) is 9.59 Å². The van der Waals surface area contributed by atoms with E-state index in [1.165, 1.54) is 14.2 Å². The van der Waals surface area contributed by atoms with E-state index >= 15 is 0 Å². The normalized spacial score (nSPS) is 15.0. The van der Waals surface area contributed by atoms with Crippen molar-refractivity contribution < 1.29 is 23.8 Å². The summed E-state index contributed by atoms with van der Waals surface area (Å²) in [4.78, 5) is 26.0. The summed E-state index contributed by atoms with van der Waals surface area (Å²) in [5.74, 6) is 0.0403. The third kappa shape index (κ3) is 5.00. The minimum atomic E-state index is -0.509. The van der Waals surface area contributed by atoms with E-state index in [-0.39, 0.29) is 6.09 Å². The van der Waals surface area contributed by atoms with Gasteiger partial charge in [0.05, 0.1) is 14.2 Å². The van der Waals surface area contributed by atoms with Crippen molar-refractivity contribution in [1.82, 2.24) is 4.90 Å². The Morgan fingerprint density at radius 1 is 1.12 bits per heavy atom. The summed E-state index contributed by atoms with van der Waals surface area (Å²) >= 11 is 0. The van der Waals surface area contributed by atoms with Crippen molar-refractivity contribution in [1.29, 1.82) is 0 Å². The Bertz CT molecular complexity index is 703. The van der Waals surface area contributed by atoms with Gasteiger partial charge in [0.2, 0.25) is 0 Å². The van der Waals surface area contributed by atoms with E-state index in [2.05, 4.69) is 6.08 Å². The van der Waals surface area contributed by atoms with Crippen molar-refractivity contribution in [2.75, 3.05) is 27.3 Å². The fourth-order valence-electron chi connectivity index (χ4n) is 2.81. The van der Waals surface area contributed by atoms with Gasteiger partial charge < -0.3 is 19.1 Å². The summed E-state index contributed by atoms with van der Waals surface area (Å²) in [6, 6.07) is 5.46. The highest BCUT2D eigenvalue weighted by atomic mass is 16.6. The lowest BCUT2D eigenvalue weighted by molar-refractivity contribution is 0.0260. The van der Waals surface area contributed by atoms with Crippen LogP contribution in [0, 0.1) is 0 Å². The maximum atomic E-state index is 12.3. The van der Waals surface area contributed by atoms with Crippen LogP contribution in [0.2, 0.25) is 0 Å². The monoisotopic (exact) mass is 361 g/mol. The van der Waals surface area contributed by atoms with E-state index in [1.807, 2.05) is 26.8 Å². The van der Waals surface area contributed by atoms with Gasteiger partial charge in [0.25, 0.3) is 0 Å². The number of esters is 1. The topological polar surface area (TPSA) is 65.1 Å². The second-order valence-electron chi connectivity index (χ2n) is 7.14. The molecule has 0 N–H and O–H groups in total. The van der Waals surface area contributed by atoms with Crippen molar-refractivity contribution in [2.45, 2.75) is 39.2 Å². The first-order valence-electron chi connectivity index (χ1n) is 8.69. The van der Waals surface area contributed by atoms with Gasteiger partial charge in [-0.05, 0) is 56.9 Å². The molecule has 6 nitrogen and oxygen atoms in total. The van der Waals surface area contributed by atoms with Crippen LogP contribution in [0.15, 0.2) is 24.3 Å². The van der Waals surface area contributed by atoms with Gasteiger partial charge in [-0.3, -0.25) is 0 Å². The van der Waals surface area contributed by atoms with Gasteiger partial charge in [-0.2, -0.15) is 0 Å². The maximum Gasteiger partial charge on any atom is 0.410 e. The Balaban J connectivity index is 2.15. The average Bonchev–Trinajstić information content (AvgIpc) is 2.85. The third-order valence-corrected chi connectivity index (χ3v) is 4.07. The molecule has 0 saturated heterocycles. The number of hydrogen-bond donors (Lipinski definition) is 0. The van der Waals surface area contributed by atoms with Crippen LogP contribution in [0.25, 0.3) is 5.57 Å². The molecule has 142 valence electrons. The van der Waals surface area contributed by atoms with E-state index in [0.717, 1.165) is 17.6 Å². The van der Waals surface area contributed by atoms with Gasteiger partial charge in [-0.1, -0.05) is 12.1 Å². The Morgan fingerprint density at radius 2 is 1.85 bits per heavy atom. The zero-order valence-corrected chi connectivity index (χ0v) is 16.1. The Morgan fingerprint density at radius 3 is 2.46 bits per heavy atom. The molecule has 1 heterocycles. The van der Waals surface area contributed by atoms with E-state index in [0.29, 0.717) is 30.8 Å². The lowest BCUT2D eigenvalue weighted by Crippen LogP contribution is -2.37. The number of methoxy groups -OCH3 is 2. The van der Waals surface area contributed by atoms with E-state index in [4.69, 9.17) is 14.2 Å². The number of rotatable bonds is 3. The highest BCUT2D eigenvalue weighted by Crippen LogP contribution is 2.28. The molecule has 1 aliphatic rings. The number of ether oxygens (including phenoxy) is 3. The number of benzene rings is 1. The molecule has 0 aliphatic carbocycles. The van der Waals surface area contributed by atoms with Gasteiger partial charge >= 0.3 is 12.1 Å². The van der Waals surface area contributed by atoms with Gasteiger partial charge in [0, 0.05) is 13.1 Å². The second-order valence-corrected chi connectivity index (χ2v) is 7.14. The zero-order valence-electron chi connectivity index (χ0n) is 16.1. The zero-order chi connectivity index (χ0) is 19.3. The van der Waals surface area contributed by atoms with Gasteiger partial charge in [0.15, 0.2) is 0 Å². The van der Waals surface area contributed by atoms with Crippen LogP contribution in [-0.4, -0.2) is 49.9 Å². The highest BCUT2D eigenvalue weighted by molar-refractivity contribution is 5.93. The average molecular weight is 361 g/mol. The van der Waals surface area contributed by atoms with Crippen LogP contribution in [0.3, 0.4) is 0 Å². The van der Waals surface area contributed by atoms with Crippen LogP contribution in [0.1, 0.15) is 49.5 Å². The van der Waals surface area contributed by atoms with Crippen LogP contribution >= 0.6 is 0 Å². The quantitative estimate of drug-likeness (QED) is 0.764. The second kappa shape index (κ2) is 8.25. The molecule has 0 radical (unpaired) electrons. The van der Waals surface area contributed by atoms with Gasteiger partial charge in [0.1, 0.15) is 16.9 Å². The number of hydrogen-bond acceptors (Lipinski definition) is 5. The predicted molar refractivity (Wildman–Crippen MR) is 99.4 cm³/mol. The van der Waals surface area contributed by atoms with E-state index < -0.39 is 11.6 Å². The Labute approximate surface area is 154 Å². The lowest BCUT2D eigenvalue weighted by Gasteiger charge is -2.26. The van der Waals surface area contributed by atoms with Crippen molar-refractivity contribution in [3.05, 3.63) is 35.4 Å². The smallest absolute Gasteiger partial charge is 0.410 e. The fraction of sp³-hybridized carbons (Fsp3) is 0.500. The molecule has 0 aromatic heterocycles. The Kier molecular flexibility index (Phi) is 6.29. The van der Waals surface area contributed by atoms with Crippen molar-refractivity contribution >= 4 is 17.6 Å². The number of amides is 1. The van der Waals surface area contributed by atoms with Gasteiger partial charge in [-0.15, -0.1) is 0 Å². The van der Waals surface area contributed by atoms with Crippen LogP contribution in [0.5, 0.6) is 5.75 Å². The first-order chi connectivity index (χ1) is 12.2. The standard InChI is InChI=1S/C20H27NO5/c1-20(2,3)26-19(23)21-11-6-7-14(10-12-21)15-8-9-17(24-4)16(13-15)18(22)25-5/h7-9,13H,6,10-12H2,1-5H3. The number of carbonyl (C=O) groups excluding carboxylic acids is 2. The number of nitrogens with zero attached hydrogens (tertiary/aromatic N) is 1. The van der Waals surface area contributed by atoms with Crippen LogP contribution < -0.4 is 4.74 Å². The third-order valence-electron chi connectivity index (χ3n) is 4.07. The van der Waals surface area contributed by atoms with Crippen molar-refractivity contribution in [2.24, 2.45) is 0 Å². The van der Waals surface area contributed by atoms with Crippen LogP contribution in [-0.2, 0) is 9.47 Å². The van der Waals surface area contributed by atoms with Crippen molar-refractivity contribution in [3.63, 3.8) is 0 Å². The summed E-state index contributed by atoms with van der Waals surface area (Å²) in [5, 5.41) is 0. The molecule has 1 aliphatic heterocycles.